The van der Waals surface area contributed by atoms with Gasteiger partial charge in [0.15, 0.2) is 0 Å². The van der Waals surface area contributed by atoms with Gasteiger partial charge in [0.1, 0.15) is 11.6 Å². The number of likely N-dealkylation sites (tertiary alicyclic amines) is 1. The number of imide groups is 1. The van der Waals surface area contributed by atoms with Gasteiger partial charge in [-0.15, -0.1) is 0 Å². The first kappa shape index (κ1) is 25.8. The van der Waals surface area contributed by atoms with Crippen LogP contribution in [0.3, 0.4) is 0 Å². The third-order valence-electron chi connectivity index (χ3n) is 6.62. The topological polar surface area (TPSA) is 103 Å². The highest BCUT2D eigenvalue weighted by atomic mass is 19.3. The fourth-order valence-corrected chi connectivity index (χ4v) is 5.04. The lowest BCUT2D eigenvalue weighted by Gasteiger charge is -2.39. The number of amides is 3. The smallest absolute Gasteiger partial charge is 0.410 e. The highest BCUT2D eigenvalue weighted by molar-refractivity contribution is 6.00. The number of hydrogen-bond donors (Lipinski definition) is 1. The van der Waals surface area contributed by atoms with Gasteiger partial charge in [-0.05, 0) is 65.2 Å². The molecule has 1 aromatic heterocycles. The van der Waals surface area contributed by atoms with E-state index in [1.165, 1.54) is 9.13 Å². The highest BCUT2D eigenvalue weighted by Gasteiger charge is 2.47. The minimum Gasteiger partial charge on any atom is -0.444 e. The van der Waals surface area contributed by atoms with Crippen molar-refractivity contribution in [1.82, 2.24) is 19.4 Å². The second-order valence-electron chi connectivity index (χ2n) is 10.8. The van der Waals surface area contributed by atoms with Crippen LogP contribution >= 0.6 is 0 Å². The molecular formula is C25H32F2N4O5. The Kier molecular flexibility index (Phi) is 6.47. The van der Waals surface area contributed by atoms with Gasteiger partial charge >= 0.3 is 11.8 Å². The van der Waals surface area contributed by atoms with E-state index >= 15 is 8.78 Å². The van der Waals surface area contributed by atoms with Crippen molar-refractivity contribution in [2.24, 2.45) is 0 Å². The molecule has 0 bridgehead atoms. The molecule has 0 aliphatic carbocycles. The summed E-state index contributed by atoms with van der Waals surface area (Å²) >= 11 is 0. The van der Waals surface area contributed by atoms with Crippen LogP contribution in [-0.4, -0.2) is 56.6 Å². The number of nitrogens with zero attached hydrogens (tertiary/aromatic N) is 3. The second kappa shape index (κ2) is 9.01. The molecule has 2 aliphatic heterocycles. The Labute approximate surface area is 207 Å². The van der Waals surface area contributed by atoms with Crippen LogP contribution in [0.2, 0.25) is 0 Å². The van der Waals surface area contributed by atoms with Crippen LogP contribution in [0.4, 0.5) is 13.6 Å². The number of nitrogens with one attached hydrogen (secondary N) is 1. The molecule has 36 heavy (non-hydrogen) atoms. The number of benzene rings is 1. The first-order chi connectivity index (χ1) is 16.7. The number of carbonyl (C=O) groups excluding carboxylic acids is 3. The van der Waals surface area contributed by atoms with Crippen LogP contribution in [0.5, 0.6) is 0 Å². The van der Waals surface area contributed by atoms with Gasteiger partial charge in [0, 0.05) is 19.0 Å². The zero-order valence-electron chi connectivity index (χ0n) is 21.1. The number of halogens is 2. The molecular weight excluding hydrogens is 474 g/mol. The summed E-state index contributed by atoms with van der Waals surface area (Å²) in [5.41, 5.74) is 0.0260. The Balaban J connectivity index is 1.70. The number of carbonyl (C=O) groups is 3. The molecule has 11 heteroatoms. The quantitative estimate of drug-likeness (QED) is 0.640. The molecule has 2 aliphatic rings. The van der Waals surface area contributed by atoms with Crippen molar-refractivity contribution in [3.63, 3.8) is 0 Å². The minimum absolute atomic E-state index is 0.0253. The van der Waals surface area contributed by atoms with Crippen LogP contribution in [0.15, 0.2) is 23.0 Å². The van der Waals surface area contributed by atoms with Gasteiger partial charge in [-0.3, -0.25) is 24.0 Å². The van der Waals surface area contributed by atoms with Gasteiger partial charge in [0.25, 0.3) is 5.92 Å². The fraction of sp³-hybridized carbons (Fsp3) is 0.600. The van der Waals surface area contributed by atoms with Gasteiger partial charge in [0.05, 0.1) is 23.5 Å². The normalized spacial score (nSPS) is 22.7. The summed E-state index contributed by atoms with van der Waals surface area (Å²) in [4.78, 5) is 50.8. The average Bonchev–Trinajstić information content (AvgIpc) is 3.03. The maximum Gasteiger partial charge on any atom is 0.410 e. The molecule has 2 saturated heterocycles. The second-order valence-corrected chi connectivity index (χ2v) is 10.8. The minimum atomic E-state index is -3.21. The van der Waals surface area contributed by atoms with Crippen LogP contribution < -0.4 is 11.0 Å². The third-order valence-corrected chi connectivity index (χ3v) is 6.62. The molecule has 3 heterocycles. The number of fused-ring (bicyclic) bond motifs is 1. The molecule has 196 valence electrons. The summed E-state index contributed by atoms with van der Waals surface area (Å²) in [6, 6.07) is 3.57. The first-order valence-corrected chi connectivity index (χ1v) is 12.2. The molecule has 4 rings (SSSR count). The molecule has 2 aromatic rings. The van der Waals surface area contributed by atoms with Gasteiger partial charge in [-0.2, -0.15) is 0 Å². The van der Waals surface area contributed by atoms with Crippen molar-refractivity contribution in [3.05, 3.63) is 34.2 Å². The van der Waals surface area contributed by atoms with E-state index in [1.54, 1.807) is 52.8 Å². The number of imidazole rings is 1. The van der Waals surface area contributed by atoms with Crippen molar-refractivity contribution < 1.29 is 27.9 Å². The van der Waals surface area contributed by atoms with E-state index in [1.807, 2.05) is 0 Å². The summed E-state index contributed by atoms with van der Waals surface area (Å²) in [5, 5.41) is 2.27. The third kappa shape index (κ3) is 4.75. The number of piperidine rings is 2. The summed E-state index contributed by atoms with van der Waals surface area (Å²) < 4.78 is 38.7. The zero-order valence-corrected chi connectivity index (χ0v) is 21.1. The molecule has 2 fully saturated rings. The van der Waals surface area contributed by atoms with Crippen LogP contribution in [-0.2, 0) is 14.3 Å². The van der Waals surface area contributed by atoms with E-state index in [4.69, 9.17) is 4.74 Å². The van der Waals surface area contributed by atoms with E-state index in [9.17, 15) is 19.2 Å². The van der Waals surface area contributed by atoms with Crippen molar-refractivity contribution in [2.45, 2.75) is 83.4 Å². The number of hydrogen-bond acceptors (Lipinski definition) is 5. The molecule has 0 spiro atoms. The van der Waals surface area contributed by atoms with Gasteiger partial charge in [0.2, 0.25) is 11.8 Å². The lowest BCUT2D eigenvalue weighted by molar-refractivity contribution is -0.135. The Morgan fingerprint density at radius 3 is 2.42 bits per heavy atom. The highest BCUT2D eigenvalue weighted by Crippen LogP contribution is 2.41. The Morgan fingerprint density at radius 1 is 1.14 bits per heavy atom. The van der Waals surface area contributed by atoms with Crippen molar-refractivity contribution in [2.75, 3.05) is 13.1 Å². The molecule has 0 saturated carbocycles. The average molecular weight is 507 g/mol. The zero-order chi connectivity index (χ0) is 26.6. The van der Waals surface area contributed by atoms with E-state index in [-0.39, 0.29) is 37.8 Å². The summed E-state index contributed by atoms with van der Waals surface area (Å²) in [7, 11) is 0. The number of rotatable bonds is 3. The molecule has 1 N–H and O–H groups in total. The van der Waals surface area contributed by atoms with Gasteiger partial charge in [-0.1, -0.05) is 6.07 Å². The summed E-state index contributed by atoms with van der Waals surface area (Å²) in [6.45, 7) is 7.99. The van der Waals surface area contributed by atoms with Crippen LogP contribution in [0.25, 0.3) is 11.0 Å². The molecule has 2 unspecified atom stereocenters. The monoisotopic (exact) mass is 506 g/mol. The van der Waals surface area contributed by atoms with Crippen molar-refractivity contribution in [3.8, 4) is 0 Å². The molecule has 9 nitrogen and oxygen atoms in total. The Hall–Kier alpha value is -3.24. The van der Waals surface area contributed by atoms with Crippen LogP contribution in [0.1, 0.15) is 77.4 Å². The van der Waals surface area contributed by atoms with Crippen LogP contribution in [0, 0.1) is 0 Å². The maximum atomic E-state index is 15.3. The Bertz CT molecular complexity index is 1270. The van der Waals surface area contributed by atoms with E-state index in [0.29, 0.717) is 16.6 Å². The van der Waals surface area contributed by atoms with Crippen molar-refractivity contribution >= 4 is 28.9 Å². The lowest BCUT2D eigenvalue weighted by Crippen LogP contribution is -2.50. The SMILES string of the molecule is CC(C)n1c(=O)n(C2CCC(=O)NC2=O)c2ccc(C3CCN(C(=O)OC(C)(C)C)CC3(F)F)cc21. The summed E-state index contributed by atoms with van der Waals surface area (Å²) in [6.07, 6.45) is -0.453. The molecule has 3 amide bonds. The maximum absolute atomic E-state index is 15.3. The predicted octanol–water partition coefficient (Wildman–Crippen LogP) is 3.72. The van der Waals surface area contributed by atoms with Crippen molar-refractivity contribution in [1.29, 1.82) is 0 Å². The number of alkyl halides is 2. The molecule has 1 aromatic carbocycles. The fourth-order valence-electron chi connectivity index (χ4n) is 5.04. The van der Waals surface area contributed by atoms with E-state index in [0.717, 1.165) is 4.90 Å². The van der Waals surface area contributed by atoms with Gasteiger partial charge in [-0.25, -0.2) is 18.4 Å². The number of ether oxygens (including phenoxy) is 1. The summed E-state index contributed by atoms with van der Waals surface area (Å²) in [5.74, 6) is -5.31. The van der Waals surface area contributed by atoms with E-state index in [2.05, 4.69) is 5.32 Å². The standard InChI is InChI=1S/C25H32F2N4O5/c1-14(2)30-19-12-15(16-10-11-29(13-25(16,26)27)23(35)36-24(3,4)5)6-7-17(19)31(22(30)34)18-8-9-20(32)28-21(18)33/h6-7,12,14,16,18H,8-11,13H2,1-5H3,(H,28,32,33). The predicted molar refractivity (Wildman–Crippen MR) is 128 cm³/mol. The first-order valence-electron chi connectivity index (χ1n) is 12.2. The molecule has 2 atom stereocenters. The number of aromatic nitrogens is 2. The largest absolute Gasteiger partial charge is 0.444 e. The van der Waals surface area contributed by atoms with Gasteiger partial charge < -0.3 is 9.64 Å². The lowest BCUT2D eigenvalue weighted by atomic mass is 9.86. The van der Waals surface area contributed by atoms with E-state index < -0.39 is 47.7 Å². The molecule has 0 radical (unpaired) electrons. The Morgan fingerprint density at radius 2 is 1.83 bits per heavy atom.